The minimum atomic E-state index is -0.736. The number of hydrogen-bond acceptors (Lipinski definition) is 2. The molecule has 1 atom stereocenters. The Hall–Kier alpha value is -2.29. The van der Waals surface area contributed by atoms with Crippen molar-refractivity contribution in [1.29, 1.82) is 0 Å². The predicted octanol–water partition coefficient (Wildman–Crippen LogP) is 3.51. The number of rotatable bonds is 1. The summed E-state index contributed by atoms with van der Waals surface area (Å²) in [6.45, 7) is 1.92. The highest BCUT2D eigenvalue weighted by molar-refractivity contribution is 5.89. The lowest BCUT2D eigenvalue weighted by Gasteiger charge is -2.35. The molecule has 1 aliphatic heterocycles. The molecular formula is C15H13NO2. The van der Waals surface area contributed by atoms with E-state index in [-0.39, 0.29) is 0 Å². The Labute approximate surface area is 105 Å². The van der Waals surface area contributed by atoms with Crippen LogP contribution < -0.4 is 5.32 Å². The minimum Gasteiger partial charge on any atom is -0.433 e. The van der Waals surface area contributed by atoms with Crippen LogP contribution in [0.15, 0.2) is 54.6 Å². The minimum absolute atomic E-state index is 0.417. The molecule has 3 nitrogen and oxygen atoms in total. The summed E-state index contributed by atoms with van der Waals surface area (Å²) < 4.78 is 5.54. The quantitative estimate of drug-likeness (QED) is 0.827. The van der Waals surface area contributed by atoms with Crippen LogP contribution in [-0.2, 0) is 10.3 Å². The fourth-order valence-electron chi connectivity index (χ4n) is 2.35. The van der Waals surface area contributed by atoms with Gasteiger partial charge < -0.3 is 4.74 Å². The second-order valence-electron chi connectivity index (χ2n) is 4.46. The molecule has 0 fully saturated rings. The number of fused-ring (bicyclic) bond motifs is 1. The van der Waals surface area contributed by atoms with E-state index in [2.05, 4.69) is 5.32 Å². The lowest BCUT2D eigenvalue weighted by Crippen LogP contribution is -2.37. The fraction of sp³-hybridized carbons (Fsp3) is 0.133. The standard InChI is InChI=1S/C15H13NO2/c1-15(11-7-3-2-4-8-11)12-9-5-6-10-13(12)16-14(17)18-15/h2-10H,1H3,(H,16,17). The van der Waals surface area contributed by atoms with Crippen molar-refractivity contribution in [1.82, 2.24) is 0 Å². The summed E-state index contributed by atoms with van der Waals surface area (Å²) in [7, 11) is 0. The van der Waals surface area contributed by atoms with E-state index in [1.54, 1.807) is 0 Å². The maximum absolute atomic E-state index is 11.7. The van der Waals surface area contributed by atoms with E-state index in [9.17, 15) is 4.79 Å². The molecule has 0 radical (unpaired) electrons. The highest BCUT2D eigenvalue weighted by Crippen LogP contribution is 2.40. The number of carbonyl (C=O) groups is 1. The third-order valence-corrected chi connectivity index (χ3v) is 3.30. The Bertz CT molecular complexity index is 594. The molecule has 0 bridgehead atoms. The van der Waals surface area contributed by atoms with E-state index in [1.807, 2.05) is 61.5 Å². The van der Waals surface area contributed by atoms with Crippen molar-refractivity contribution in [3.8, 4) is 0 Å². The summed E-state index contributed by atoms with van der Waals surface area (Å²) in [6, 6.07) is 17.5. The molecule has 3 heteroatoms. The first kappa shape index (κ1) is 10.8. The SMILES string of the molecule is CC1(c2ccccc2)OC(=O)Nc2ccccc21. The molecule has 3 rings (SSSR count). The number of hydrogen-bond donors (Lipinski definition) is 1. The summed E-state index contributed by atoms with van der Waals surface area (Å²) in [4.78, 5) is 11.7. The maximum Gasteiger partial charge on any atom is 0.412 e. The molecule has 1 amide bonds. The van der Waals surface area contributed by atoms with Gasteiger partial charge in [0.25, 0.3) is 0 Å². The maximum atomic E-state index is 11.7. The van der Waals surface area contributed by atoms with Crippen LogP contribution in [0.4, 0.5) is 10.5 Å². The molecule has 1 aliphatic rings. The number of ether oxygens (including phenoxy) is 1. The second-order valence-corrected chi connectivity index (χ2v) is 4.46. The predicted molar refractivity (Wildman–Crippen MR) is 69.4 cm³/mol. The van der Waals surface area contributed by atoms with E-state index in [1.165, 1.54) is 0 Å². The topological polar surface area (TPSA) is 38.3 Å². The van der Waals surface area contributed by atoms with Gasteiger partial charge in [-0.25, -0.2) is 4.79 Å². The summed E-state index contributed by atoms with van der Waals surface area (Å²) in [5.41, 5.74) is 2.00. The summed E-state index contributed by atoms with van der Waals surface area (Å²) >= 11 is 0. The van der Waals surface area contributed by atoms with E-state index < -0.39 is 11.7 Å². The highest BCUT2D eigenvalue weighted by atomic mass is 16.6. The van der Waals surface area contributed by atoms with Crippen LogP contribution in [-0.4, -0.2) is 6.09 Å². The van der Waals surface area contributed by atoms with E-state index in [4.69, 9.17) is 4.74 Å². The van der Waals surface area contributed by atoms with Crippen LogP contribution in [0.1, 0.15) is 18.1 Å². The van der Waals surface area contributed by atoms with Crippen molar-refractivity contribution in [2.45, 2.75) is 12.5 Å². The molecule has 0 saturated carbocycles. The zero-order chi connectivity index (χ0) is 12.6. The molecule has 2 aromatic rings. The van der Waals surface area contributed by atoms with Gasteiger partial charge in [0.05, 0.1) is 5.69 Å². The molecule has 1 heterocycles. The number of carbonyl (C=O) groups excluding carboxylic acids is 1. The van der Waals surface area contributed by atoms with Crippen LogP contribution in [0, 0.1) is 0 Å². The second kappa shape index (κ2) is 3.88. The Morgan fingerprint density at radius 3 is 2.44 bits per heavy atom. The van der Waals surface area contributed by atoms with Gasteiger partial charge in [-0.3, -0.25) is 5.32 Å². The van der Waals surface area contributed by atoms with Gasteiger partial charge in [-0.2, -0.15) is 0 Å². The van der Waals surface area contributed by atoms with E-state index in [0.717, 1.165) is 16.8 Å². The molecule has 1 unspecified atom stereocenters. The molecular weight excluding hydrogens is 226 g/mol. The number of amides is 1. The van der Waals surface area contributed by atoms with E-state index >= 15 is 0 Å². The van der Waals surface area contributed by atoms with Crippen LogP contribution in [0.25, 0.3) is 0 Å². The lowest BCUT2D eigenvalue weighted by molar-refractivity contribution is 0.0586. The van der Waals surface area contributed by atoms with Crippen LogP contribution in [0.3, 0.4) is 0 Å². The number of cyclic esters (lactones) is 1. The van der Waals surface area contributed by atoms with Gasteiger partial charge in [-0.05, 0) is 18.6 Å². The third-order valence-electron chi connectivity index (χ3n) is 3.30. The van der Waals surface area contributed by atoms with Gasteiger partial charge in [-0.1, -0.05) is 48.5 Å². The first-order valence-electron chi connectivity index (χ1n) is 5.85. The zero-order valence-electron chi connectivity index (χ0n) is 10.0. The van der Waals surface area contributed by atoms with Crippen molar-refractivity contribution >= 4 is 11.8 Å². The number of benzene rings is 2. The van der Waals surface area contributed by atoms with Crippen LogP contribution in [0.2, 0.25) is 0 Å². The Morgan fingerprint density at radius 2 is 1.67 bits per heavy atom. The molecule has 1 N–H and O–H groups in total. The van der Waals surface area contributed by atoms with Crippen LogP contribution in [0.5, 0.6) is 0 Å². The molecule has 90 valence electrons. The molecule has 2 aromatic carbocycles. The molecule has 18 heavy (non-hydrogen) atoms. The fourth-order valence-corrected chi connectivity index (χ4v) is 2.35. The Kier molecular flexibility index (Phi) is 2.33. The Morgan fingerprint density at radius 1 is 1.00 bits per heavy atom. The van der Waals surface area contributed by atoms with Gasteiger partial charge in [0, 0.05) is 5.56 Å². The molecule has 0 aromatic heterocycles. The molecule has 0 saturated heterocycles. The number of anilines is 1. The smallest absolute Gasteiger partial charge is 0.412 e. The average molecular weight is 239 g/mol. The van der Waals surface area contributed by atoms with Crippen molar-refractivity contribution in [3.63, 3.8) is 0 Å². The van der Waals surface area contributed by atoms with Gasteiger partial charge in [0.15, 0.2) is 5.60 Å². The van der Waals surface area contributed by atoms with Crippen molar-refractivity contribution in [2.24, 2.45) is 0 Å². The largest absolute Gasteiger partial charge is 0.433 e. The normalized spacial score (nSPS) is 21.7. The first-order chi connectivity index (χ1) is 8.70. The molecule has 0 spiro atoms. The van der Waals surface area contributed by atoms with Crippen molar-refractivity contribution in [3.05, 3.63) is 65.7 Å². The monoisotopic (exact) mass is 239 g/mol. The van der Waals surface area contributed by atoms with Crippen molar-refractivity contribution < 1.29 is 9.53 Å². The van der Waals surface area contributed by atoms with Crippen LogP contribution >= 0.6 is 0 Å². The highest BCUT2D eigenvalue weighted by Gasteiger charge is 2.38. The zero-order valence-corrected chi connectivity index (χ0v) is 10.0. The van der Waals surface area contributed by atoms with Crippen molar-refractivity contribution in [2.75, 3.05) is 5.32 Å². The summed E-state index contributed by atoms with van der Waals surface area (Å²) in [5, 5.41) is 2.72. The van der Waals surface area contributed by atoms with E-state index in [0.29, 0.717) is 0 Å². The average Bonchev–Trinajstić information content (AvgIpc) is 2.39. The Balaban J connectivity index is 2.21. The summed E-state index contributed by atoms with van der Waals surface area (Å²) in [5.74, 6) is 0. The van der Waals surface area contributed by atoms with Gasteiger partial charge in [-0.15, -0.1) is 0 Å². The first-order valence-corrected chi connectivity index (χ1v) is 5.85. The third kappa shape index (κ3) is 1.56. The lowest BCUT2D eigenvalue weighted by atomic mass is 9.86. The summed E-state index contributed by atoms with van der Waals surface area (Å²) in [6.07, 6.45) is -0.417. The number of nitrogens with one attached hydrogen (secondary N) is 1. The molecule has 0 aliphatic carbocycles. The van der Waals surface area contributed by atoms with Gasteiger partial charge in [0.2, 0.25) is 0 Å². The number of para-hydroxylation sites is 1. The van der Waals surface area contributed by atoms with Gasteiger partial charge in [0.1, 0.15) is 0 Å². The van der Waals surface area contributed by atoms with Gasteiger partial charge >= 0.3 is 6.09 Å².